The first-order chi connectivity index (χ1) is 14.3. The predicted molar refractivity (Wildman–Crippen MR) is 123 cm³/mol. The van der Waals surface area contributed by atoms with E-state index < -0.39 is 0 Å². The number of aryl methyl sites for hydroxylation is 1. The third-order valence-electron chi connectivity index (χ3n) is 5.43. The van der Waals surface area contributed by atoms with Crippen molar-refractivity contribution in [1.29, 1.82) is 0 Å². The average Bonchev–Trinajstić information content (AvgIpc) is 2.77. The summed E-state index contributed by atoms with van der Waals surface area (Å²) < 4.78 is 5.81. The SMILES string of the molecule is CCCCCCCCCCCCOc1cnc(-c2ccc(CCCC)cc2)nc1. The number of ether oxygens (including phenoxy) is 1. The summed E-state index contributed by atoms with van der Waals surface area (Å²) in [5, 5.41) is 0. The summed E-state index contributed by atoms with van der Waals surface area (Å²) in [5.74, 6) is 1.53. The average molecular weight is 397 g/mol. The summed E-state index contributed by atoms with van der Waals surface area (Å²) in [6.07, 6.45) is 20.6. The van der Waals surface area contributed by atoms with E-state index in [1.807, 2.05) is 0 Å². The minimum atomic E-state index is 0.755. The van der Waals surface area contributed by atoms with Gasteiger partial charge in [0.1, 0.15) is 0 Å². The van der Waals surface area contributed by atoms with Gasteiger partial charge in [-0.15, -0.1) is 0 Å². The maximum absolute atomic E-state index is 5.81. The van der Waals surface area contributed by atoms with Gasteiger partial charge < -0.3 is 4.74 Å². The Morgan fingerprint density at radius 2 is 1.21 bits per heavy atom. The van der Waals surface area contributed by atoms with Gasteiger partial charge in [0.25, 0.3) is 0 Å². The number of rotatable bonds is 16. The van der Waals surface area contributed by atoms with Crippen LogP contribution in [-0.4, -0.2) is 16.6 Å². The predicted octanol–water partition coefficient (Wildman–Crippen LogP) is 7.79. The van der Waals surface area contributed by atoms with Gasteiger partial charge in [-0.1, -0.05) is 102 Å². The smallest absolute Gasteiger partial charge is 0.159 e. The van der Waals surface area contributed by atoms with Gasteiger partial charge in [-0.25, -0.2) is 9.97 Å². The number of unbranched alkanes of at least 4 members (excludes halogenated alkanes) is 10. The topological polar surface area (TPSA) is 35.0 Å². The molecule has 0 radical (unpaired) electrons. The molecule has 0 aliphatic rings. The summed E-state index contributed by atoms with van der Waals surface area (Å²) in [6, 6.07) is 8.60. The second-order valence-electron chi connectivity index (χ2n) is 8.07. The van der Waals surface area contributed by atoms with Gasteiger partial charge >= 0.3 is 0 Å². The number of nitrogens with zero attached hydrogens (tertiary/aromatic N) is 2. The van der Waals surface area contributed by atoms with Gasteiger partial charge in [0.2, 0.25) is 0 Å². The molecule has 1 heterocycles. The minimum absolute atomic E-state index is 0.755. The van der Waals surface area contributed by atoms with Crippen LogP contribution >= 0.6 is 0 Å². The Bertz CT molecular complexity index is 637. The lowest BCUT2D eigenvalue weighted by Gasteiger charge is -2.07. The summed E-state index contributed by atoms with van der Waals surface area (Å²) in [7, 11) is 0. The zero-order valence-corrected chi connectivity index (χ0v) is 18.7. The molecule has 0 saturated carbocycles. The summed E-state index contributed by atoms with van der Waals surface area (Å²) in [4.78, 5) is 8.95. The van der Waals surface area contributed by atoms with Gasteiger partial charge in [-0.2, -0.15) is 0 Å². The number of aromatic nitrogens is 2. The van der Waals surface area contributed by atoms with Gasteiger partial charge in [0, 0.05) is 5.56 Å². The molecule has 0 bridgehead atoms. The highest BCUT2D eigenvalue weighted by Crippen LogP contribution is 2.18. The zero-order valence-electron chi connectivity index (χ0n) is 18.7. The Morgan fingerprint density at radius 3 is 1.79 bits per heavy atom. The first-order valence-electron chi connectivity index (χ1n) is 11.9. The fourth-order valence-electron chi connectivity index (χ4n) is 3.52. The van der Waals surface area contributed by atoms with Crippen molar-refractivity contribution in [2.45, 2.75) is 97.3 Å². The van der Waals surface area contributed by atoms with Crippen molar-refractivity contribution in [2.24, 2.45) is 0 Å². The van der Waals surface area contributed by atoms with E-state index in [0.717, 1.165) is 36.6 Å². The third-order valence-corrected chi connectivity index (χ3v) is 5.43. The van der Waals surface area contributed by atoms with E-state index in [0.29, 0.717) is 0 Å². The molecule has 160 valence electrons. The van der Waals surface area contributed by atoms with Crippen LogP contribution in [0.15, 0.2) is 36.7 Å². The highest BCUT2D eigenvalue weighted by Gasteiger charge is 2.03. The lowest BCUT2D eigenvalue weighted by Crippen LogP contribution is -1.99. The summed E-state index contributed by atoms with van der Waals surface area (Å²) >= 11 is 0. The molecule has 0 atom stereocenters. The van der Waals surface area contributed by atoms with Crippen LogP contribution in [0.4, 0.5) is 0 Å². The second-order valence-corrected chi connectivity index (χ2v) is 8.07. The molecule has 3 nitrogen and oxygen atoms in total. The minimum Gasteiger partial charge on any atom is -0.490 e. The Labute approximate surface area is 178 Å². The van der Waals surface area contributed by atoms with Gasteiger partial charge in [0.15, 0.2) is 11.6 Å². The van der Waals surface area contributed by atoms with Crippen LogP contribution in [0.3, 0.4) is 0 Å². The van der Waals surface area contributed by atoms with Crippen LogP contribution in [0.5, 0.6) is 5.75 Å². The number of hydrogen-bond donors (Lipinski definition) is 0. The van der Waals surface area contributed by atoms with E-state index in [-0.39, 0.29) is 0 Å². The molecule has 2 aromatic rings. The van der Waals surface area contributed by atoms with E-state index in [4.69, 9.17) is 4.74 Å². The lowest BCUT2D eigenvalue weighted by atomic mass is 10.1. The summed E-state index contributed by atoms with van der Waals surface area (Å²) in [5.41, 5.74) is 2.44. The standard InChI is InChI=1S/C26H40N2O/c1-3-5-7-8-9-10-11-12-13-14-20-29-25-21-27-26(28-22-25)24-18-16-23(17-19-24)15-6-4-2/h16-19,21-22H,3-15,20H2,1-2H3. The second kappa shape index (κ2) is 15.0. The van der Waals surface area contributed by atoms with Crippen molar-refractivity contribution in [2.75, 3.05) is 6.61 Å². The Hall–Kier alpha value is -1.90. The van der Waals surface area contributed by atoms with Crippen LogP contribution in [-0.2, 0) is 6.42 Å². The molecule has 1 aromatic heterocycles. The van der Waals surface area contributed by atoms with Crippen molar-refractivity contribution in [3.63, 3.8) is 0 Å². The van der Waals surface area contributed by atoms with Crippen LogP contribution < -0.4 is 4.74 Å². The fraction of sp³-hybridized carbons (Fsp3) is 0.615. The first-order valence-corrected chi connectivity index (χ1v) is 11.9. The van der Waals surface area contributed by atoms with Gasteiger partial charge in [-0.3, -0.25) is 0 Å². The van der Waals surface area contributed by atoms with Crippen molar-refractivity contribution in [1.82, 2.24) is 9.97 Å². The number of hydrogen-bond acceptors (Lipinski definition) is 3. The van der Waals surface area contributed by atoms with E-state index in [1.165, 1.54) is 76.2 Å². The molecule has 0 unspecified atom stereocenters. The van der Waals surface area contributed by atoms with Gasteiger partial charge in [-0.05, 0) is 24.8 Å². The third kappa shape index (κ3) is 9.92. The molecule has 0 amide bonds. The lowest BCUT2D eigenvalue weighted by molar-refractivity contribution is 0.302. The maximum Gasteiger partial charge on any atom is 0.159 e. The molecular formula is C26H40N2O. The van der Waals surface area contributed by atoms with E-state index in [9.17, 15) is 0 Å². The van der Waals surface area contributed by atoms with Crippen molar-refractivity contribution in [3.05, 3.63) is 42.2 Å². The largest absolute Gasteiger partial charge is 0.490 e. The molecule has 0 aliphatic carbocycles. The molecule has 0 aliphatic heterocycles. The monoisotopic (exact) mass is 396 g/mol. The van der Waals surface area contributed by atoms with Crippen LogP contribution in [0.2, 0.25) is 0 Å². The van der Waals surface area contributed by atoms with Crippen molar-refractivity contribution >= 4 is 0 Å². The maximum atomic E-state index is 5.81. The highest BCUT2D eigenvalue weighted by atomic mass is 16.5. The Kier molecular flexibility index (Phi) is 12.1. The molecular weight excluding hydrogens is 356 g/mol. The molecule has 0 saturated heterocycles. The van der Waals surface area contributed by atoms with E-state index >= 15 is 0 Å². The molecule has 2 rings (SSSR count). The van der Waals surface area contributed by atoms with E-state index in [2.05, 4.69) is 48.1 Å². The highest BCUT2D eigenvalue weighted by molar-refractivity contribution is 5.55. The zero-order chi connectivity index (χ0) is 20.6. The molecule has 0 fully saturated rings. The molecule has 1 aromatic carbocycles. The fourth-order valence-corrected chi connectivity index (χ4v) is 3.52. The van der Waals surface area contributed by atoms with Crippen molar-refractivity contribution in [3.8, 4) is 17.1 Å². The molecule has 29 heavy (non-hydrogen) atoms. The number of benzene rings is 1. The Morgan fingerprint density at radius 1 is 0.655 bits per heavy atom. The Balaban J connectivity index is 1.58. The van der Waals surface area contributed by atoms with Gasteiger partial charge in [0.05, 0.1) is 19.0 Å². The van der Waals surface area contributed by atoms with E-state index in [1.54, 1.807) is 12.4 Å². The normalized spacial score (nSPS) is 11.0. The van der Waals surface area contributed by atoms with Crippen LogP contribution in [0.1, 0.15) is 96.5 Å². The molecule has 3 heteroatoms. The first kappa shape index (κ1) is 23.4. The van der Waals surface area contributed by atoms with Crippen molar-refractivity contribution < 1.29 is 4.74 Å². The molecule has 0 N–H and O–H groups in total. The molecule has 0 spiro atoms. The summed E-state index contributed by atoms with van der Waals surface area (Å²) in [6.45, 7) is 5.25. The van der Waals surface area contributed by atoms with Crippen LogP contribution in [0.25, 0.3) is 11.4 Å². The van der Waals surface area contributed by atoms with Crippen LogP contribution in [0, 0.1) is 0 Å². The quantitative estimate of drug-likeness (QED) is 0.272.